The first-order chi connectivity index (χ1) is 17.7. The first-order valence-electron chi connectivity index (χ1n) is 12.7. The van der Waals surface area contributed by atoms with Gasteiger partial charge in [-0.15, -0.1) is 11.3 Å². The molecule has 0 bridgehead atoms. The molecule has 37 heavy (non-hydrogen) atoms. The van der Waals surface area contributed by atoms with Crippen LogP contribution >= 0.6 is 38.9 Å². The van der Waals surface area contributed by atoms with Gasteiger partial charge in [0.2, 0.25) is 0 Å². The van der Waals surface area contributed by atoms with Gasteiger partial charge in [-0.25, -0.2) is 9.50 Å². The van der Waals surface area contributed by atoms with Crippen molar-refractivity contribution >= 4 is 61.8 Å². The van der Waals surface area contributed by atoms with Gasteiger partial charge >= 0.3 is 0 Å². The Morgan fingerprint density at radius 2 is 2.14 bits per heavy atom. The third-order valence-electron chi connectivity index (χ3n) is 7.91. The molecule has 3 aromatic rings. The maximum absolute atomic E-state index is 13.3. The average molecular weight is 609 g/mol. The maximum Gasteiger partial charge on any atom is 0.265 e. The number of ether oxygens (including phenoxy) is 1. The minimum atomic E-state index is -0.131. The smallest absolute Gasteiger partial charge is 0.265 e. The topological polar surface area (TPSA) is 101 Å². The fourth-order valence-electron chi connectivity index (χ4n) is 6.02. The number of hydrogen-bond donors (Lipinski definition) is 2. The minimum Gasteiger partial charge on any atom is -0.489 e. The minimum absolute atomic E-state index is 0.0153. The predicted molar refractivity (Wildman–Crippen MR) is 150 cm³/mol. The number of carbonyl (C=O) groups is 1. The monoisotopic (exact) mass is 607 g/mol. The molecule has 3 aliphatic rings. The molecule has 3 fully saturated rings. The van der Waals surface area contributed by atoms with E-state index in [-0.39, 0.29) is 18.1 Å². The number of carbonyl (C=O) groups excluding carboxylic acids is 1. The van der Waals surface area contributed by atoms with Gasteiger partial charge in [0.05, 0.1) is 10.0 Å². The summed E-state index contributed by atoms with van der Waals surface area (Å²) in [7, 11) is 0. The van der Waals surface area contributed by atoms with Gasteiger partial charge in [-0.3, -0.25) is 9.69 Å². The standard InChI is InChI=1S/C25H31BrClN7O2S/c1-14(2)33-11-25(12-33)8-16(9-25)36-18-7-20(27)37-22(18)24(35)31-15-4-3-5-32(10-15)17-6-19(26)34-21(17)23(28)29-13-30-34/h6-7,13-16H,3-5,8-12H2,1-2H3,(H,31,35)(H2,28,29,30)/t15-/m1/s1. The van der Waals surface area contributed by atoms with E-state index in [1.165, 1.54) is 17.7 Å². The number of fused-ring (bicyclic) bond motifs is 1. The molecule has 1 amide bonds. The quantitative estimate of drug-likeness (QED) is 0.427. The molecule has 0 unspecified atom stereocenters. The first-order valence-corrected chi connectivity index (χ1v) is 14.7. The molecule has 5 heterocycles. The molecular formula is C25H31BrClN7O2S. The molecule has 9 nitrogen and oxygen atoms in total. The van der Waals surface area contributed by atoms with Crippen LogP contribution in [0.1, 0.15) is 49.2 Å². The Kier molecular flexibility index (Phi) is 6.53. The van der Waals surface area contributed by atoms with E-state index in [1.807, 2.05) is 6.07 Å². The number of rotatable bonds is 6. The van der Waals surface area contributed by atoms with Gasteiger partial charge in [0.15, 0.2) is 5.82 Å². The molecule has 1 aliphatic carbocycles. The van der Waals surface area contributed by atoms with Crippen molar-refractivity contribution in [2.45, 2.75) is 57.7 Å². The second kappa shape index (κ2) is 9.59. The summed E-state index contributed by atoms with van der Waals surface area (Å²) in [5.74, 6) is 0.897. The highest BCUT2D eigenvalue weighted by Crippen LogP contribution is 2.51. The van der Waals surface area contributed by atoms with Crippen LogP contribution in [0.2, 0.25) is 4.34 Å². The number of nitrogen functional groups attached to an aromatic ring is 1. The fourth-order valence-corrected chi connectivity index (χ4v) is 7.55. The highest BCUT2D eigenvalue weighted by molar-refractivity contribution is 9.10. The van der Waals surface area contributed by atoms with Gasteiger partial charge in [0.25, 0.3) is 5.91 Å². The van der Waals surface area contributed by atoms with Crippen LogP contribution in [0.4, 0.5) is 11.5 Å². The Labute approximate surface area is 233 Å². The number of nitrogens with one attached hydrogen (secondary N) is 1. The van der Waals surface area contributed by atoms with Gasteiger partial charge < -0.3 is 20.7 Å². The molecule has 1 saturated carbocycles. The van der Waals surface area contributed by atoms with E-state index >= 15 is 0 Å². The molecule has 2 aliphatic heterocycles. The van der Waals surface area contributed by atoms with E-state index in [0.29, 0.717) is 38.8 Å². The van der Waals surface area contributed by atoms with Crippen molar-refractivity contribution in [3.63, 3.8) is 0 Å². The van der Waals surface area contributed by atoms with Crippen molar-refractivity contribution in [3.05, 3.63) is 32.3 Å². The van der Waals surface area contributed by atoms with E-state index in [2.05, 4.69) is 55.0 Å². The summed E-state index contributed by atoms with van der Waals surface area (Å²) in [6, 6.07) is 4.37. The Morgan fingerprint density at radius 3 is 2.89 bits per heavy atom. The number of piperidine rings is 1. The number of nitrogens with two attached hydrogens (primary N) is 1. The lowest BCUT2D eigenvalue weighted by Crippen LogP contribution is -2.66. The lowest BCUT2D eigenvalue weighted by atomic mass is 9.61. The Hall–Kier alpha value is -2.08. The summed E-state index contributed by atoms with van der Waals surface area (Å²) in [6.07, 6.45) is 5.50. The van der Waals surface area contributed by atoms with Crippen LogP contribution in [0, 0.1) is 5.41 Å². The zero-order chi connectivity index (χ0) is 25.9. The number of likely N-dealkylation sites (tertiary alicyclic amines) is 1. The van der Waals surface area contributed by atoms with Gasteiger partial charge in [-0.05, 0) is 61.5 Å². The second-order valence-electron chi connectivity index (χ2n) is 10.9. The third-order valence-corrected chi connectivity index (χ3v) is 9.72. The molecular weight excluding hydrogens is 578 g/mol. The summed E-state index contributed by atoms with van der Waals surface area (Å²) >= 11 is 11.2. The van der Waals surface area contributed by atoms with Crippen LogP contribution in [-0.4, -0.2) is 69.8 Å². The summed E-state index contributed by atoms with van der Waals surface area (Å²) < 4.78 is 9.41. The zero-order valence-electron chi connectivity index (χ0n) is 20.9. The number of halogens is 2. The van der Waals surface area contributed by atoms with Crippen LogP contribution in [0.25, 0.3) is 5.52 Å². The SMILES string of the molecule is CC(C)N1CC2(CC(Oc3cc(Cl)sc3C(=O)N[C@@H]3CCCN(c4cc(Br)n5ncnc(N)c45)C3)C2)C1. The van der Waals surface area contributed by atoms with Crippen molar-refractivity contribution in [3.8, 4) is 5.75 Å². The molecule has 6 rings (SSSR count). The van der Waals surface area contributed by atoms with Gasteiger partial charge in [-0.1, -0.05) is 11.6 Å². The average Bonchev–Trinajstić information content (AvgIpc) is 3.35. The molecule has 3 N–H and O–H groups in total. The largest absolute Gasteiger partial charge is 0.489 e. The number of thiophene rings is 1. The van der Waals surface area contributed by atoms with Crippen LogP contribution in [0.3, 0.4) is 0 Å². The van der Waals surface area contributed by atoms with E-state index in [4.69, 9.17) is 22.1 Å². The van der Waals surface area contributed by atoms with Crippen molar-refractivity contribution in [1.82, 2.24) is 24.8 Å². The molecule has 2 saturated heterocycles. The molecule has 0 radical (unpaired) electrons. The van der Waals surface area contributed by atoms with Crippen molar-refractivity contribution in [1.29, 1.82) is 0 Å². The lowest BCUT2D eigenvalue weighted by molar-refractivity contribution is -0.129. The molecule has 12 heteroatoms. The second-order valence-corrected chi connectivity index (χ2v) is 13.4. The molecule has 198 valence electrons. The first kappa shape index (κ1) is 25.2. The summed E-state index contributed by atoms with van der Waals surface area (Å²) in [6.45, 7) is 8.31. The highest BCUT2D eigenvalue weighted by atomic mass is 79.9. The summed E-state index contributed by atoms with van der Waals surface area (Å²) in [5, 5.41) is 7.52. The Balaban J connectivity index is 1.10. The summed E-state index contributed by atoms with van der Waals surface area (Å²) in [5.41, 5.74) is 8.30. The molecule has 0 aromatic carbocycles. The van der Waals surface area contributed by atoms with Gasteiger partial charge in [-0.2, -0.15) is 5.10 Å². The van der Waals surface area contributed by atoms with Crippen molar-refractivity contribution in [2.75, 3.05) is 36.8 Å². The third kappa shape index (κ3) is 4.68. The number of hydrogen-bond acceptors (Lipinski definition) is 8. The number of anilines is 2. The normalized spacial score (nSPS) is 21.9. The van der Waals surface area contributed by atoms with Crippen LogP contribution < -0.4 is 20.7 Å². The molecule has 1 atom stereocenters. The maximum atomic E-state index is 13.3. The van der Waals surface area contributed by atoms with E-state index in [1.54, 1.807) is 10.6 Å². The number of nitrogens with zero attached hydrogens (tertiary/aromatic N) is 5. The van der Waals surface area contributed by atoms with E-state index in [9.17, 15) is 4.79 Å². The predicted octanol–water partition coefficient (Wildman–Crippen LogP) is 4.44. The number of amides is 1. The van der Waals surface area contributed by atoms with Gasteiger partial charge in [0.1, 0.15) is 33.2 Å². The van der Waals surface area contributed by atoms with Gasteiger partial charge in [0, 0.05) is 49.7 Å². The Bertz CT molecular complexity index is 1330. The summed E-state index contributed by atoms with van der Waals surface area (Å²) in [4.78, 5) is 22.8. The fraction of sp³-hybridized carbons (Fsp3) is 0.560. The van der Waals surface area contributed by atoms with Crippen LogP contribution in [0.15, 0.2) is 23.1 Å². The van der Waals surface area contributed by atoms with Crippen molar-refractivity contribution < 1.29 is 9.53 Å². The highest BCUT2D eigenvalue weighted by Gasteiger charge is 2.53. The van der Waals surface area contributed by atoms with Crippen molar-refractivity contribution in [2.24, 2.45) is 5.41 Å². The lowest BCUT2D eigenvalue weighted by Gasteiger charge is -2.59. The molecule has 3 aromatic heterocycles. The van der Waals surface area contributed by atoms with E-state index < -0.39 is 0 Å². The van der Waals surface area contributed by atoms with Crippen LogP contribution in [-0.2, 0) is 0 Å². The molecule has 1 spiro atoms. The van der Waals surface area contributed by atoms with E-state index in [0.717, 1.165) is 61.1 Å². The number of aromatic nitrogens is 3. The Morgan fingerprint density at radius 1 is 1.35 bits per heavy atom. The zero-order valence-corrected chi connectivity index (χ0v) is 24.1. The van der Waals surface area contributed by atoms with Crippen LogP contribution in [0.5, 0.6) is 5.75 Å².